The quantitative estimate of drug-likeness (QED) is 0.600. The second kappa shape index (κ2) is 3.65. The molecule has 0 bridgehead atoms. The van der Waals surface area contributed by atoms with E-state index in [1.54, 1.807) is 6.07 Å². The lowest BCUT2D eigenvalue weighted by molar-refractivity contribution is 0.824. The van der Waals surface area contributed by atoms with E-state index in [2.05, 4.69) is 4.98 Å². The van der Waals surface area contributed by atoms with Crippen LogP contribution in [0.3, 0.4) is 0 Å². The van der Waals surface area contributed by atoms with E-state index < -0.39 is 0 Å². The van der Waals surface area contributed by atoms with Gasteiger partial charge in [-0.15, -0.1) is 0 Å². The Morgan fingerprint density at radius 1 is 1.08 bits per heavy atom. The Morgan fingerprint density at radius 2 is 1.85 bits per heavy atom. The molecule has 2 rings (SSSR count). The molecule has 3 nitrogen and oxygen atoms in total. The van der Waals surface area contributed by atoms with Gasteiger partial charge in [0.25, 0.3) is 0 Å². The van der Waals surface area contributed by atoms with E-state index in [0.29, 0.717) is 5.69 Å². The average Bonchev–Trinajstić information content (AvgIpc) is 2.17. The van der Waals surface area contributed by atoms with Gasteiger partial charge in [0.15, 0.2) is 0 Å². The summed E-state index contributed by atoms with van der Waals surface area (Å²) in [6.07, 6.45) is 0. The van der Waals surface area contributed by atoms with Crippen LogP contribution in [0.25, 0.3) is 10.9 Å². The smallest absolute Gasteiger partial charge is 0.141 e. The van der Waals surface area contributed by atoms with Crippen LogP contribution >= 0.6 is 0 Å². The Hall–Kier alpha value is -1.92. The number of nitriles is 1. The van der Waals surface area contributed by atoms with Crippen LogP contribution in [0.5, 0.6) is 0 Å². The van der Waals surface area contributed by atoms with Crippen LogP contribution in [0.2, 0.25) is 0 Å². The van der Waals surface area contributed by atoms with Crippen molar-refractivity contribution in [3.8, 4) is 6.07 Å². The van der Waals surface area contributed by atoms with Gasteiger partial charge in [0.05, 0.1) is 5.52 Å². The van der Waals surface area contributed by atoms with E-state index in [4.69, 9.17) is 5.26 Å². The zero-order valence-electron chi connectivity index (χ0n) is 6.86. The number of hydrogen-bond donors (Lipinski definition) is 0. The van der Waals surface area contributed by atoms with Gasteiger partial charge in [-0.2, -0.15) is 5.26 Å². The van der Waals surface area contributed by atoms with Crippen LogP contribution in [0.15, 0.2) is 36.4 Å². The van der Waals surface area contributed by atoms with E-state index >= 15 is 0 Å². The molecule has 3 heteroatoms. The third-order valence-electron chi connectivity index (χ3n) is 1.71. The largest absolute Gasteiger partial charge is 0.412 e. The molecule has 0 unspecified atom stereocenters. The van der Waals surface area contributed by atoms with Gasteiger partial charge >= 0.3 is 0 Å². The number of rotatable bonds is 0. The van der Waals surface area contributed by atoms with Crippen LogP contribution in [0, 0.1) is 11.3 Å². The van der Waals surface area contributed by atoms with Crippen molar-refractivity contribution in [2.75, 3.05) is 0 Å². The molecule has 1 aromatic carbocycles. The van der Waals surface area contributed by atoms with Gasteiger partial charge in [-0.05, 0) is 18.2 Å². The highest BCUT2D eigenvalue weighted by Crippen LogP contribution is 2.10. The molecule has 64 valence electrons. The lowest BCUT2D eigenvalue weighted by atomic mass is 10.2. The number of aromatic nitrogens is 1. The molecule has 1 heterocycles. The van der Waals surface area contributed by atoms with Gasteiger partial charge in [-0.1, -0.05) is 18.2 Å². The molecule has 0 fully saturated rings. The van der Waals surface area contributed by atoms with Crippen molar-refractivity contribution in [1.82, 2.24) is 4.98 Å². The second-order valence-electron chi connectivity index (χ2n) is 2.50. The molecule has 0 atom stereocenters. The monoisotopic (exact) mass is 172 g/mol. The molecule has 0 aliphatic heterocycles. The molecule has 0 amide bonds. The highest BCUT2D eigenvalue weighted by atomic mass is 16.0. The minimum Gasteiger partial charge on any atom is -0.412 e. The highest BCUT2D eigenvalue weighted by molar-refractivity contribution is 5.78. The van der Waals surface area contributed by atoms with Gasteiger partial charge < -0.3 is 5.48 Å². The summed E-state index contributed by atoms with van der Waals surface area (Å²) >= 11 is 0. The van der Waals surface area contributed by atoms with Gasteiger partial charge in [-0.3, -0.25) is 0 Å². The molecule has 0 saturated carbocycles. The Bertz CT molecular complexity index is 460. The SMILES string of the molecule is N#Cc1ccc2ccccc2n1.O. The van der Waals surface area contributed by atoms with Gasteiger partial charge in [-0.25, -0.2) is 4.98 Å². The fraction of sp³-hybridized carbons (Fsp3) is 0. The summed E-state index contributed by atoms with van der Waals surface area (Å²) < 4.78 is 0. The minimum atomic E-state index is 0. The molecule has 2 aromatic rings. The van der Waals surface area contributed by atoms with E-state index in [1.807, 2.05) is 36.4 Å². The van der Waals surface area contributed by atoms with Crippen molar-refractivity contribution in [3.63, 3.8) is 0 Å². The van der Waals surface area contributed by atoms with E-state index in [0.717, 1.165) is 10.9 Å². The lowest BCUT2D eigenvalue weighted by Gasteiger charge is -1.94. The summed E-state index contributed by atoms with van der Waals surface area (Å²) in [5.74, 6) is 0. The van der Waals surface area contributed by atoms with Crippen molar-refractivity contribution in [2.45, 2.75) is 0 Å². The molecule has 0 radical (unpaired) electrons. The van der Waals surface area contributed by atoms with Gasteiger partial charge in [0.2, 0.25) is 0 Å². The van der Waals surface area contributed by atoms with Crippen LogP contribution < -0.4 is 0 Å². The van der Waals surface area contributed by atoms with Crippen LogP contribution in [-0.2, 0) is 0 Å². The summed E-state index contributed by atoms with van der Waals surface area (Å²) in [6, 6.07) is 13.4. The van der Waals surface area contributed by atoms with Crippen molar-refractivity contribution in [1.29, 1.82) is 5.26 Å². The molecule has 0 spiro atoms. The van der Waals surface area contributed by atoms with Crippen LogP contribution in [0.1, 0.15) is 5.69 Å². The molecular formula is C10H8N2O. The standard InChI is InChI=1S/C10H6N2.H2O/c11-7-9-6-5-8-3-1-2-4-10(8)12-9;/h1-6H;1H2. The number of pyridine rings is 1. The predicted octanol–water partition coefficient (Wildman–Crippen LogP) is 1.28. The molecule has 0 aliphatic rings. The van der Waals surface area contributed by atoms with Crippen molar-refractivity contribution >= 4 is 10.9 Å². The second-order valence-corrected chi connectivity index (χ2v) is 2.50. The number of hydrogen-bond acceptors (Lipinski definition) is 2. The fourth-order valence-electron chi connectivity index (χ4n) is 1.13. The fourth-order valence-corrected chi connectivity index (χ4v) is 1.13. The summed E-state index contributed by atoms with van der Waals surface area (Å²) in [7, 11) is 0. The van der Waals surface area contributed by atoms with Crippen molar-refractivity contribution in [2.24, 2.45) is 0 Å². The maximum Gasteiger partial charge on any atom is 0.141 e. The summed E-state index contributed by atoms with van der Waals surface area (Å²) in [5, 5.41) is 9.65. The number of fused-ring (bicyclic) bond motifs is 1. The number of nitrogens with zero attached hydrogens (tertiary/aromatic N) is 2. The first-order valence-electron chi connectivity index (χ1n) is 3.66. The third-order valence-corrected chi connectivity index (χ3v) is 1.71. The van der Waals surface area contributed by atoms with Gasteiger partial charge in [0.1, 0.15) is 11.8 Å². The summed E-state index contributed by atoms with van der Waals surface area (Å²) in [6.45, 7) is 0. The van der Waals surface area contributed by atoms with Gasteiger partial charge in [0, 0.05) is 5.39 Å². The third kappa shape index (κ3) is 1.63. The lowest BCUT2D eigenvalue weighted by Crippen LogP contribution is -1.82. The molecule has 1 aromatic heterocycles. The maximum atomic E-state index is 8.58. The van der Waals surface area contributed by atoms with E-state index in [1.165, 1.54) is 0 Å². The summed E-state index contributed by atoms with van der Waals surface area (Å²) in [4.78, 5) is 4.13. The topological polar surface area (TPSA) is 68.2 Å². The Kier molecular flexibility index (Phi) is 2.58. The predicted molar refractivity (Wildman–Crippen MR) is 50.1 cm³/mol. The Labute approximate surface area is 75.6 Å². The number of benzene rings is 1. The first-order chi connectivity index (χ1) is 5.90. The van der Waals surface area contributed by atoms with E-state index in [9.17, 15) is 0 Å². The zero-order chi connectivity index (χ0) is 8.39. The van der Waals surface area contributed by atoms with Crippen LogP contribution in [0.4, 0.5) is 0 Å². The molecule has 2 N–H and O–H groups in total. The Balaban J connectivity index is 0.000000845. The highest BCUT2D eigenvalue weighted by Gasteiger charge is 1.94. The van der Waals surface area contributed by atoms with E-state index in [-0.39, 0.29) is 5.48 Å². The zero-order valence-corrected chi connectivity index (χ0v) is 6.86. The molecule has 13 heavy (non-hydrogen) atoms. The maximum absolute atomic E-state index is 8.58. The minimum absolute atomic E-state index is 0. The first-order valence-corrected chi connectivity index (χ1v) is 3.66. The molecule has 0 saturated heterocycles. The Morgan fingerprint density at radius 3 is 2.62 bits per heavy atom. The number of para-hydroxylation sites is 1. The first kappa shape index (κ1) is 9.17. The normalized spacial score (nSPS) is 8.85. The van der Waals surface area contributed by atoms with Crippen molar-refractivity contribution < 1.29 is 5.48 Å². The molecule has 0 aliphatic carbocycles. The van der Waals surface area contributed by atoms with Crippen molar-refractivity contribution in [3.05, 3.63) is 42.1 Å². The summed E-state index contributed by atoms with van der Waals surface area (Å²) in [5.41, 5.74) is 1.34. The van der Waals surface area contributed by atoms with Crippen LogP contribution in [-0.4, -0.2) is 10.5 Å². The molecular weight excluding hydrogens is 164 g/mol. The average molecular weight is 172 g/mol.